The summed E-state index contributed by atoms with van der Waals surface area (Å²) >= 11 is 0. The van der Waals surface area contributed by atoms with Crippen LogP contribution in [0.5, 0.6) is 0 Å². The average Bonchev–Trinajstić information content (AvgIpc) is 2.28. The van der Waals surface area contributed by atoms with Crippen molar-refractivity contribution in [2.75, 3.05) is 0 Å². The molecular weight excluding hydrogens is 188 g/mol. The normalized spacial score (nSPS) is 18.9. The van der Waals surface area contributed by atoms with Crippen LogP contribution in [-0.4, -0.2) is 11.9 Å². The molecule has 1 unspecified atom stereocenters. The van der Waals surface area contributed by atoms with Crippen LogP contribution in [0.1, 0.15) is 39.0 Å². The summed E-state index contributed by atoms with van der Waals surface area (Å²) in [4.78, 5) is 11.7. The molecule has 0 radical (unpaired) electrons. The fraction of sp³-hybridized carbons (Fsp3) is 0.667. The van der Waals surface area contributed by atoms with Gasteiger partial charge >= 0.3 is 0 Å². The van der Waals surface area contributed by atoms with Gasteiger partial charge in [0.1, 0.15) is 0 Å². The van der Waals surface area contributed by atoms with E-state index in [9.17, 15) is 4.79 Å². The highest BCUT2D eigenvalue weighted by atomic mass is 16.1. The van der Waals surface area contributed by atoms with Gasteiger partial charge in [0.25, 0.3) is 0 Å². The summed E-state index contributed by atoms with van der Waals surface area (Å²) in [7, 11) is 0. The topological polar surface area (TPSA) is 52.9 Å². The minimum absolute atomic E-state index is 0.0616. The molecule has 15 heavy (non-hydrogen) atoms. The molecule has 0 aromatic rings. The maximum absolute atomic E-state index is 11.7. The third-order valence-electron chi connectivity index (χ3n) is 3.01. The first-order valence-electron chi connectivity index (χ1n) is 5.54. The van der Waals surface area contributed by atoms with Crippen molar-refractivity contribution in [2.45, 2.75) is 45.1 Å². The zero-order valence-electron chi connectivity index (χ0n) is 9.25. The number of hydrogen-bond donors (Lipinski definition) is 1. The zero-order chi connectivity index (χ0) is 11.3. The second kappa shape index (κ2) is 5.55. The van der Waals surface area contributed by atoms with E-state index in [4.69, 9.17) is 5.26 Å². The molecule has 0 heterocycles. The van der Waals surface area contributed by atoms with E-state index < -0.39 is 5.92 Å². The van der Waals surface area contributed by atoms with Crippen molar-refractivity contribution in [1.82, 2.24) is 5.32 Å². The number of amides is 1. The third kappa shape index (κ3) is 3.39. The number of nitriles is 1. The molecule has 0 aliphatic heterocycles. The smallest absolute Gasteiger partial charge is 0.228 e. The van der Waals surface area contributed by atoms with E-state index >= 15 is 0 Å². The van der Waals surface area contributed by atoms with Crippen LogP contribution in [0.4, 0.5) is 0 Å². The van der Waals surface area contributed by atoms with E-state index in [1.54, 1.807) is 6.92 Å². The molecule has 3 nitrogen and oxygen atoms in total. The summed E-state index contributed by atoms with van der Waals surface area (Å²) in [5.41, 5.74) is 0.336. The molecule has 1 fully saturated rings. The van der Waals surface area contributed by atoms with Crippen molar-refractivity contribution < 1.29 is 4.79 Å². The van der Waals surface area contributed by atoms with Gasteiger partial charge in [-0.3, -0.25) is 4.79 Å². The molecule has 1 saturated carbocycles. The van der Waals surface area contributed by atoms with Gasteiger partial charge < -0.3 is 5.32 Å². The Morgan fingerprint density at radius 1 is 1.47 bits per heavy atom. The van der Waals surface area contributed by atoms with Gasteiger partial charge in [-0.1, -0.05) is 25.8 Å². The molecule has 1 atom stereocenters. The fourth-order valence-electron chi connectivity index (χ4n) is 1.83. The van der Waals surface area contributed by atoms with E-state index in [1.807, 2.05) is 6.07 Å². The highest BCUT2D eigenvalue weighted by molar-refractivity contribution is 5.82. The fourth-order valence-corrected chi connectivity index (χ4v) is 1.83. The van der Waals surface area contributed by atoms with E-state index in [-0.39, 0.29) is 5.91 Å². The monoisotopic (exact) mass is 206 g/mol. The molecule has 1 amide bonds. The predicted molar refractivity (Wildman–Crippen MR) is 58.9 cm³/mol. The van der Waals surface area contributed by atoms with Gasteiger partial charge in [0.05, 0.1) is 12.0 Å². The van der Waals surface area contributed by atoms with Crippen molar-refractivity contribution in [1.29, 1.82) is 5.26 Å². The number of nitrogens with one attached hydrogen (secondary N) is 1. The average molecular weight is 206 g/mol. The van der Waals surface area contributed by atoms with Gasteiger partial charge in [-0.2, -0.15) is 5.26 Å². The van der Waals surface area contributed by atoms with E-state index in [0.29, 0.717) is 11.6 Å². The highest BCUT2D eigenvalue weighted by Crippen LogP contribution is 2.18. The van der Waals surface area contributed by atoms with Gasteiger partial charge in [-0.05, 0) is 19.8 Å². The van der Waals surface area contributed by atoms with Crippen LogP contribution in [0.25, 0.3) is 0 Å². The SMILES string of the molecule is C=C(C#N)C(C)C(=O)NC1CCCCC1. The first kappa shape index (κ1) is 11.8. The van der Waals surface area contributed by atoms with Crippen LogP contribution in [0.3, 0.4) is 0 Å². The molecule has 0 spiro atoms. The second-order valence-electron chi connectivity index (χ2n) is 4.20. The molecule has 0 saturated heterocycles. The Morgan fingerprint density at radius 3 is 2.60 bits per heavy atom. The molecule has 82 valence electrons. The van der Waals surface area contributed by atoms with Crippen molar-refractivity contribution in [3.05, 3.63) is 12.2 Å². The highest BCUT2D eigenvalue weighted by Gasteiger charge is 2.20. The number of carbonyl (C=O) groups is 1. The first-order valence-corrected chi connectivity index (χ1v) is 5.54. The minimum atomic E-state index is -0.392. The molecule has 1 rings (SSSR count). The Kier molecular flexibility index (Phi) is 4.36. The lowest BCUT2D eigenvalue weighted by Crippen LogP contribution is -2.39. The lowest BCUT2D eigenvalue weighted by Gasteiger charge is -2.24. The first-order chi connectivity index (χ1) is 7.15. The van der Waals surface area contributed by atoms with Crippen molar-refractivity contribution >= 4 is 5.91 Å². The number of nitrogens with zero attached hydrogens (tertiary/aromatic N) is 1. The van der Waals surface area contributed by atoms with Crippen molar-refractivity contribution in [3.63, 3.8) is 0 Å². The molecule has 1 N–H and O–H groups in total. The van der Waals surface area contributed by atoms with Crippen LogP contribution >= 0.6 is 0 Å². The van der Waals surface area contributed by atoms with Gasteiger partial charge in [0.2, 0.25) is 5.91 Å². The van der Waals surface area contributed by atoms with Crippen LogP contribution < -0.4 is 5.32 Å². The Balaban J connectivity index is 2.40. The van der Waals surface area contributed by atoms with Crippen LogP contribution in [-0.2, 0) is 4.79 Å². The standard InChI is InChI=1S/C12H18N2O/c1-9(8-13)10(2)12(15)14-11-6-4-3-5-7-11/h10-11H,1,3-7H2,2H3,(H,14,15). The van der Waals surface area contributed by atoms with E-state index in [1.165, 1.54) is 19.3 Å². The summed E-state index contributed by atoms with van der Waals surface area (Å²) < 4.78 is 0. The lowest BCUT2D eigenvalue weighted by atomic mass is 9.94. The predicted octanol–water partition coefficient (Wildman–Crippen LogP) is 2.15. The minimum Gasteiger partial charge on any atom is -0.353 e. The van der Waals surface area contributed by atoms with Gasteiger partial charge in [0, 0.05) is 11.6 Å². The largest absolute Gasteiger partial charge is 0.353 e. The lowest BCUT2D eigenvalue weighted by molar-refractivity contribution is -0.124. The Bertz CT molecular complexity index is 284. The Hall–Kier alpha value is -1.30. The molecule has 0 aromatic heterocycles. The molecule has 1 aliphatic rings. The van der Waals surface area contributed by atoms with Gasteiger partial charge in [0.15, 0.2) is 0 Å². The van der Waals surface area contributed by atoms with Gasteiger partial charge in [-0.15, -0.1) is 0 Å². The number of carbonyl (C=O) groups excluding carboxylic acids is 1. The number of rotatable bonds is 3. The molecule has 3 heteroatoms. The van der Waals surface area contributed by atoms with E-state index in [0.717, 1.165) is 12.8 Å². The third-order valence-corrected chi connectivity index (χ3v) is 3.01. The summed E-state index contributed by atoms with van der Waals surface area (Å²) in [6.07, 6.45) is 5.79. The molecule has 0 aromatic carbocycles. The summed E-state index contributed by atoms with van der Waals surface area (Å²) in [6.45, 7) is 5.29. The molecule has 1 aliphatic carbocycles. The van der Waals surface area contributed by atoms with Crippen molar-refractivity contribution in [2.24, 2.45) is 5.92 Å². The molecular formula is C12H18N2O. The summed E-state index contributed by atoms with van der Waals surface area (Å²) in [6, 6.07) is 2.23. The Morgan fingerprint density at radius 2 is 2.07 bits per heavy atom. The second-order valence-corrected chi connectivity index (χ2v) is 4.20. The Labute approximate surface area is 91.2 Å². The summed E-state index contributed by atoms with van der Waals surface area (Å²) in [5.74, 6) is -0.453. The molecule has 0 bridgehead atoms. The van der Waals surface area contributed by atoms with Crippen LogP contribution in [0.15, 0.2) is 12.2 Å². The maximum atomic E-state index is 11.7. The van der Waals surface area contributed by atoms with E-state index in [2.05, 4.69) is 11.9 Å². The van der Waals surface area contributed by atoms with Gasteiger partial charge in [-0.25, -0.2) is 0 Å². The van der Waals surface area contributed by atoms with Crippen molar-refractivity contribution in [3.8, 4) is 6.07 Å². The summed E-state index contributed by atoms with van der Waals surface area (Å²) in [5, 5.41) is 11.6. The maximum Gasteiger partial charge on any atom is 0.228 e. The number of hydrogen-bond acceptors (Lipinski definition) is 2. The zero-order valence-corrected chi connectivity index (χ0v) is 9.25. The quantitative estimate of drug-likeness (QED) is 0.719. The van der Waals surface area contributed by atoms with Crippen LogP contribution in [0, 0.1) is 17.2 Å². The van der Waals surface area contributed by atoms with Crippen LogP contribution in [0.2, 0.25) is 0 Å².